The second-order valence-electron chi connectivity index (χ2n) is 9.37. The van der Waals surface area contributed by atoms with E-state index in [1.807, 2.05) is 72.8 Å². The maximum absolute atomic E-state index is 13.0. The molecule has 2 amide bonds. The summed E-state index contributed by atoms with van der Waals surface area (Å²) in [6.07, 6.45) is 0.926. The van der Waals surface area contributed by atoms with Gasteiger partial charge in [0.25, 0.3) is 11.8 Å². The van der Waals surface area contributed by atoms with Gasteiger partial charge in [-0.15, -0.1) is 0 Å². The molecule has 0 atom stereocenters. The minimum Gasteiger partial charge on any atom is -0.348 e. The Morgan fingerprint density at radius 1 is 0.737 bits per heavy atom. The van der Waals surface area contributed by atoms with Crippen LogP contribution in [0.25, 0.3) is 0 Å². The molecule has 0 fully saturated rings. The van der Waals surface area contributed by atoms with Crippen LogP contribution in [-0.4, -0.2) is 30.3 Å². The van der Waals surface area contributed by atoms with E-state index in [2.05, 4.69) is 34.7 Å². The largest absolute Gasteiger partial charge is 0.348 e. The first-order valence-electron chi connectivity index (χ1n) is 12.8. The smallest absolute Gasteiger partial charge is 0.255 e. The van der Waals surface area contributed by atoms with Gasteiger partial charge in [0.2, 0.25) is 0 Å². The highest BCUT2D eigenvalue weighted by Crippen LogP contribution is 2.21. The van der Waals surface area contributed by atoms with Gasteiger partial charge in [0, 0.05) is 43.0 Å². The number of nitrogens with zero attached hydrogens (tertiary/aromatic N) is 1. The van der Waals surface area contributed by atoms with Gasteiger partial charge < -0.3 is 21.3 Å². The number of carbonyl (C=O) groups excluding carboxylic acids is 2. The SMILES string of the molecule is CN(CCc1ccccc1)Cc1ccc(C(=O)NCc2ccc(CN)cc2)cc1NC(=O)c1ccccc1. The number of amides is 2. The van der Waals surface area contributed by atoms with E-state index in [9.17, 15) is 9.59 Å². The standard InChI is InChI=1S/C32H34N4O2/c1-36(19-18-24-8-4-2-5-9-24)23-29-17-16-28(20-30(29)35-32(38)27-10-6-3-7-11-27)31(37)34-22-26-14-12-25(21-33)13-15-26/h2-17,20H,18-19,21-23,33H2,1H3,(H,34,37)(H,35,38). The van der Waals surface area contributed by atoms with Gasteiger partial charge in [0.05, 0.1) is 0 Å². The predicted molar refractivity (Wildman–Crippen MR) is 153 cm³/mol. The number of benzene rings is 4. The predicted octanol–water partition coefficient (Wildman–Crippen LogP) is 5.00. The highest BCUT2D eigenvalue weighted by molar-refractivity contribution is 6.05. The summed E-state index contributed by atoms with van der Waals surface area (Å²) >= 11 is 0. The molecule has 0 aliphatic rings. The van der Waals surface area contributed by atoms with Crippen molar-refractivity contribution in [1.82, 2.24) is 10.2 Å². The van der Waals surface area contributed by atoms with Crippen molar-refractivity contribution in [2.45, 2.75) is 26.1 Å². The highest BCUT2D eigenvalue weighted by atomic mass is 16.2. The zero-order chi connectivity index (χ0) is 26.7. The Bertz CT molecular complexity index is 1340. The van der Waals surface area contributed by atoms with Crippen LogP contribution in [0.2, 0.25) is 0 Å². The fraction of sp³-hybridized carbons (Fsp3) is 0.188. The van der Waals surface area contributed by atoms with Gasteiger partial charge >= 0.3 is 0 Å². The Kier molecular flexibility index (Phi) is 9.40. The lowest BCUT2D eigenvalue weighted by Gasteiger charge is -2.20. The van der Waals surface area contributed by atoms with Crippen LogP contribution in [0, 0.1) is 0 Å². The minimum absolute atomic E-state index is 0.202. The van der Waals surface area contributed by atoms with Crippen molar-refractivity contribution in [3.05, 3.63) is 137 Å². The van der Waals surface area contributed by atoms with E-state index in [1.165, 1.54) is 5.56 Å². The van der Waals surface area contributed by atoms with Crippen molar-refractivity contribution >= 4 is 17.5 Å². The monoisotopic (exact) mass is 506 g/mol. The Labute approximate surface area is 224 Å². The third-order valence-electron chi connectivity index (χ3n) is 6.43. The Hall–Kier alpha value is -4.26. The molecule has 0 bridgehead atoms. The molecule has 0 saturated carbocycles. The number of carbonyl (C=O) groups is 2. The van der Waals surface area contributed by atoms with Crippen LogP contribution in [0.15, 0.2) is 103 Å². The van der Waals surface area contributed by atoms with Gasteiger partial charge in [-0.25, -0.2) is 0 Å². The number of nitrogens with one attached hydrogen (secondary N) is 2. The molecule has 6 heteroatoms. The van der Waals surface area contributed by atoms with Gasteiger partial charge in [0.15, 0.2) is 0 Å². The van der Waals surface area contributed by atoms with Crippen molar-refractivity contribution in [1.29, 1.82) is 0 Å². The van der Waals surface area contributed by atoms with Crippen LogP contribution < -0.4 is 16.4 Å². The molecule has 0 spiro atoms. The number of nitrogens with two attached hydrogens (primary N) is 1. The summed E-state index contributed by atoms with van der Waals surface area (Å²) in [4.78, 5) is 28.2. The van der Waals surface area contributed by atoms with Gasteiger partial charge in [-0.05, 0) is 60.0 Å². The Morgan fingerprint density at radius 3 is 2.08 bits per heavy atom. The van der Waals surface area contributed by atoms with E-state index in [1.54, 1.807) is 18.2 Å². The molecule has 0 aromatic heterocycles. The van der Waals surface area contributed by atoms with Crippen molar-refractivity contribution in [3.63, 3.8) is 0 Å². The lowest BCUT2D eigenvalue weighted by Crippen LogP contribution is -2.24. The van der Waals surface area contributed by atoms with E-state index < -0.39 is 0 Å². The van der Waals surface area contributed by atoms with Crippen molar-refractivity contribution in [2.24, 2.45) is 5.73 Å². The summed E-state index contributed by atoms with van der Waals surface area (Å²) in [6, 6.07) is 32.8. The summed E-state index contributed by atoms with van der Waals surface area (Å²) in [5.41, 5.74) is 11.6. The first-order chi connectivity index (χ1) is 18.5. The third kappa shape index (κ3) is 7.62. The molecule has 0 heterocycles. The number of rotatable bonds is 11. The van der Waals surface area contributed by atoms with Crippen LogP contribution in [0.3, 0.4) is 0 Å². The summed E-state index contributed by atoms with van der Waals surface area (Å²) in [5, 5.41) is 6.00. The van der Waals surface area contributed by atoms with Crippen LogP contribution in [0.4, 0.5) is 5.69 Å². The third-order valence-corrected chi connectivity index (χ3v) is 6.43. The van der Waals surface area contributed by atoms with E-state index in [4.69, 9.17) is 5.73 Å². The van der Waals surface area contributed by atoms with Crippen molar-refractivity contribution in [3.8, 4) is 0 Å². The fourth-order valence-electron chi connectivity index (χ4n) is 4.17. The number of anilines is 1. The maximum Gasteiger partial charge on any atom is 0.255 e. The van der Waals surface area contributed by atoms with E-state index in [0.717, 1.165) is 29.7 Å². The van der Waals surface area contributed by atoms with Gasteiger partial charge in [-0.2, -0.15) is 0 Å². The molecule has 0 aliphatic carbocycles. The molecular weight excluding hydrogens is 472 g/mol. The van der Waals surface area contributed by atoms with Crippen LogP contribution in [-0.2, 0) is 26.1 Å². The molecule has 0 radical (unpaired) electrons. The quantitative estimate of drug-likeness (QED) is 0.267. The second kappa shape index (κ2) is 13.3. The van der Waals surface area contributed by atoms with Gasteiger partial charge in [-0.1, -0.05) is 78.9 Å². The van der Waals surface area contributed by atoms with Crippen LogP contribution in [0.1, 0.15) is 43.0 Å². The van der Waals surface area contributed by atoms with E-state index in [0.29, 0.717) is 36.4 Å². The second-order valence-corrected chi connectivity index (χ2v) is 9.37. The van der Waals surface area contributed by atoms with E-state index in [-0.39, 0.29) is 11.8 Å². The molecule has 4 rings (SSSR count). The molecule has 4 aromatic rings. The minimum atomic E-state index is -0.212. The van der Waals surface area contributed by atoms with Crippen LogP contribution >= 0.6 is 0 Å². The summed E-state index contributed by atoms with van der Waals surface area (Å²) < 4.78 is 0. The van der Waals surface area contributed by atoms with Gasteiger partial charge in [-0.3, -0.25) is 9.59 Å². The molecular formula is C32H34N4O2. The molecule has 0 unspecified atom stereocenters. The van der Waals surface area contributed by atoms with E-state index >= 15 is 0 Å². The summed E-state index contributed by atoms with van der Waals surface area (Å²) in [6.45, 7) is 2.38. The number of likely N-dealkylation sites (N-methyl/N-ethyl adjacent to an activating group) is 1. The topological polar surface area (TPSA) is 87.5 Å². The lowest BCUT2D eigenvalue weighted by atomic mass is 10.1. The van der Waals surface area contributed by atoms with Crippen molar-refractivity contribution < 1.29 is 9.59 Å². The summed E-state index contributed by atoms with van der Waals surface area (Å²) in [5.74, 6) is -0.413. The van der Waals surface area contributed by atoms with Crippen molar-refractivity contribution in [2.75, 3.05) is 18.9 Å². The van der Waals surface area contributed by atoms with Gasteiger partial charge in [0.1, 0.15) is 0 Å². The molecule has 0 saturated heterocycles. The Morgan fingerprint density at radius 2 is 1.39 bits per heavy atom. The first-order valence-corrected chi connectivity index (χ1v) is 12.8. The number of hydrogen-bond donors (Lipinski definition) is 3. The van der Waals surface area contributed by atoms with Crippen LogP contribution in [0.5, 0.6) is 0 Å². The summed E-state index contributed by atoms with van der Waals surface area (Å²) in [7, 11) is 2.06. The highest BCUT2D eigenvalue weighted by Gasteiger charge is 2.14. The Balaban J connectivity index is 1.48. The zero-order valence-electron chi connectivity index (χ0n) is 21.7. The number of hydrogen-bond acceptors (Lipinski definition) is 4. The fourth-order valence-corrected chi connectivity index (χ4v) is 4.17. The zero-order valence-corrected chi connectivity index (χ0v) is 21.7. The molecule has 6 nitrogen and oxygen atoms in total. The molecule has 0 aliphatic heterocycles. The average Bonchev–Trinajstić information content (AvgIpc) is 2.97. The average molecular weight is 507 g/mol. The molecule has 194 valence electrons. The first kappa shape index (κ1) is 26.8. The maximum atomic E-state index is 13.0. The molecule has 38 heavy (non-hydrogen) atoms. The molecule has 4 aromatic carbocycles. The lowest BCUT2D eigenvalue weighted by molar-refractivity contribution is 0.0949. The molecule has 4 N–H and O–H groups in total. The normalized spacial score (nSPS) is 10.8.